The Bertz CT molecular complexity index is 720. The molecule has 126 valence electrons. The van der Waals surface area contributed by atoms with Crippen molar-refractivity contribution in [2.24, 2.45) is 5.73 Å². The van der Waals surface area contributed by atoms with Crippen LogP contribution in [0.15, 0.2) is 42.6 Å². The van der Waals surface area contributed by atoms with Gasteiger partial charge in [0.15, 0.2) is 0 Å². The first-order chi connectivity index (χ1) is 11.7. The molecule has 1 aromatic heterocycles. The number of benzene rings is 1. The number of aromatic nitrogens is 1. The van der Waals surface area contributed by atoms with Crippen LogP contribution < -0.4 is 20.7 Å². The van der Waals surface area contributed by atoms with Gasteiger partial charge in [0.25, 0.3) is 5.91 Å². The number of primary amides is 1. The Hall–Kier alpha value is -2.76. The van der Waals surface area contributed by atoms with Crippen LogP contribution in [0.1, 0.15) is 23.3 Å². The van der Waals surface area contributed by atoms with Crippen LogP contribution in [-0.4, -0.2) is 37.1 Å². The van der Waals surface area contributed by atoms with Gasteiger partial charge in [0, 0.05) is 31.0 Å². The molecule has 24 heavy (non-hydrogen) atoms. The van der Waals surface area contributed by atoms with Gasteiger partial charge in [0.2, 0.25) is 0 Å². The SMILES string of the molecule is COc1ccccc1N1CCC[C@@H](Nc2ccnc(C(N)=O)c2)C1. The summed E-state index contributed by atoms with van der Waals surface area (Å²) in [4.78, 5) is 17.6. The van der Waals surface area contributed by atoms with Crippen LogP contribution in [0.5, 0.6) is 5.75 Å². The fourth-order valence-corrected chi connectivity index (χ4v) is 3.10. The van der Waals surface area contributed by atoms with Gasteiger partial charge < -0.3 is 20.7 Å². The Morgan fingerprint density at radius 1 is 1.38 bits per heavy atom. The van der Waals surface area contributed by atoms with Crippen LogP contribution in [0.25, 0.3) is 0 Å². The number of nitrogens with one attached hydrogen (secondary N) is 1. The number of piperidine rings is 1. The minimum atomic E-state index is -0.516. The van der Waals surface area contributed by atoms with Gasteiger partial charge in [0.1, 0.15) is 11.4 Å². The number of para-hydroxylation sites is 2. The lowest BCUT2D eigenvalue weighted by Gasteiger charge is -2.35. The standard InChI is InChI=1S/C18H22N4O2/c1-24-17-7-3-2-6-16(17)22-10-4-5-14(12-22)21-13-8-9-20-15(11-13)18(19)23/h2-3,6-9,11,14H,4-5,10,12H2,1H3,(H2,19,23)(H,20,21)/t14-/m1/s1. The number of hydrogen-bond donors (Lipinski definition) is 2. The van der Waals surface area contributed by atoms with Gasteiger partial charge in [-0.15, -0.1) is 0 Å². The van der Waals surface area contributed by atoms with Crippen molar-refractivity contribution >= 4 is 17.3 Å². The summed E-state index contributed by atoms with van der Waals surface area (Å²) in [6, 6.07) is 11.9. The van der Waals surface area contributed by atoms with E-state index in [0.29, 0.717) is 0 Å². The molecule has 3 rings (SSSR count). The average molecular weight is 326 g/mol. The lowest BCUT2D eigenvalue weighted by Crippen LogP contribution is -2.42. The maximum atomic E-state index is 11.3. The van der Waals surface area contributed by atoms with Crippen molar-refractivity contribution in [1.29, 1.82) is 0 Å². The summed E-state index contributed by atoms with van der Waals surface area (Å²) >= 11 is 0. The molecule has 0 spiro atoms. The molecule has 1 saturated heterocycles. The van der Waals surface area contributed by atoms with Crippen LogP contribution in [0, 0.1) is 0 Å². The van der Waals surface area contributed by atoms with Crippen molar-refractivity contribution in [2.45, 2.75) is 18.9 Å². The highest BCUT2D eigenvalue weighted by atomic mass is 16.5. The van der Waals surface area contributed by atoms with E-state index in [4.69, 9.17) is 10.5 Å². The summed E-state index contributed by atoms with van der Waals surface area (Å²) in [7, 11) is 1.70. The molecule has 0 radical (unpaired) electrons. The van der Waals surface area contributed by atoms with E-state index in [0.717, 1.165) is 43.1 Å². The average Bonchev–Trinajstić information content (AvgIpc) is 2.62. The Kier molecular flexibility index (Phi) is 4.84. The minimum Gasteiger partial charge on any atom is -0.495 e. The van der Waals surface area contributed by atoms with E-state index in [-0.39, 0.29) is 11.7 Å². The quantitative estimate of drug-likeness (QED) is 0.881. The van der Waals surface area contributed by atoms with Gasteiger partial charge in [-0.2, -0.15) is 0 Å². The zero-order valence-electron chi connectivity index (χ0n) is 13.7. The summed E-state index contributed by atoms with van der Waals surface area (Å²) < 4.78 is 5.47. The lowest BCUT2D eigenvalue weighted by atomic mass is 10.0. The fourth-order valence-electron chi connectivity index (χ4n) is 3.10. The van der Waals surface area contributed by atoms with Crippen molar-refractivity contribution in [1.82, 2.24) is 4.98 Å². The fraction of sp³-hybridized carbons (Fsp3) is 0.333. The number of anilines is 2. The first kappa shape index (κ1) is 16.1. The predicted octanol–water partition coefficient (Wildman–Crippen LogP) is 2.27. The van der Waals surface area contributed by atoms with Gasteiger partial charge in [-0.25, -0.2) is 0 Å². The van der Waals surface area contributed by atoms with E-state index >= 15 is 0 Å². The summed E-state index contributed by atoms with van der Waals surface area (Å²) in [6.07, 6.45) is 3.76. The smallest absolute Gasteiger partial charge is 0.267 e. The second-order valence-corrected chi connectivity index (χ2v) is 5.90. The van der Waals surface area contributed by atoms with Crippen LogP contribution in [0.3, 0.4) is 0 Å². The number of pyridine rings is 1. The number of nitrogens with zero attached hydrogens (tertiary/aromatic N) is 2. The van der Waals surface area contributed by atoms with Gasteiger partial charge in [-0.05, 0) is 37.1 Å². The molecule has 1 amide bonds. The number of carbonyl (C=O) groups is 1. The van der Waals surface area contributed by atoms with E-state index in [1.165, 1.54) is 0 Å². The molecule has 1 aromatic carbocycles. The van der Waals surface area contributed by atoms with Gasteiger partial charge in [-0.3, -0.25) is 9.78 Å². The third-order valence-electron chi connectivity index (χ3n) is 4.23. The van der Waals surface area contributed by atoms with Crippen molar-refractivity contribution in [2.75, 3.05) is 30.4 Å². The monoisotopic (exact) mass is 326 g/mol. The molecule has 1 fully saturated rings. The molecule has 1 aliphatic heterocycles. The van der Waals surface area contributed by atoms with Crippen molar-refractivity contribution in [3.63, 3.8) is 0 Å². The van der Waals surface area contributed by atoms with Crippen LogP contribution in [0.2, 0.25) is 0 Å². The molecular weight excluding hydrogens is 304 g/mol. The molecule has 2 heterocycles. The maximum Gasteiger partial charge on any atom is 0.267 e. The van der Waals surface area contributed by atoms with Crippen LogP contribution in [-0.2, 0) is 0 Å². The summed E-state index contributed by atoms with van der Waals surface area (Å²) in [5, 5.41) is 3.48. The highest BCUT2D eigenvalue weighted by molar-refractivity contribution is 5.91. The molecule has 6 heteroatoms. The normalized spacial score (nSPS) is 17.4. The van der Waals surface area contributed by atoms with Crippen LogP contribution in [0.4, 0.5) is 11.4 Å². The Morgan fingerprint density at radius 2 is 2.21 bits per heavy atom. The molecule has 3 N–H and O–H groups in total. The molecule has 6 nitrogen and oxygen atoms in total. The van der Waals surface area contributed by atoms with E-state index in [2.05, 4.69) is 21.3 Å². The number of ether oxygens (including phenoxy) is 1. The zero-order chi connectivity index (χ0) is 16.9. The van der Waals surface area contributed by atoms with Gasteiger partial charge >= 0.3 is 0 Å². The first-order valence-electron chi connectivity index (χ1n) is 8.07. The zero-order valence-corrected chi connectivity index (χ0v) is 13.7. The second-order valence-electron chi connectivity index (χ2n) is 5.90. The Labute approximate surface area is 141 Å². The molecule has 1 aliphatic rings. The summed E-state index contributed by atoms with van der Waals surface area (Å²) in [5.41, 5.74) is 7.55. The number of nitrogens with two attached hydrogens (primary N) is 1. The maximum absolute atomic E-state index is 11.3. The van der Waals surface area contributed by atoms with Gasteiger partial charge in [-0.1, -0.05) is 12.1 Å². The Balaban J connectivity index is 1.72. The van der Waals surface area contributed by atoms with E-state index < -0.39 is 5.91 Å². The van der Waals surface area contributed by atoms with E-state index in [9.17, 15) is 4.79 Å². The summed E-state index contributed by atoms with van der Waals surface area (Å²) in [6.45, 7) is 1.87. The molecule has 2 aromatic rings. The van der Waals surface area contributed by atoms with E-state index in [1.54, 1.807) is 19.4 Å². The number of methoxy groups -OCH3 is 1. The van der Waals surface area contributed by atoms with Crippen molar-refractivity contribution < 1.29 is 9.53 Å². The molecule has 0 unspecified atom stereocenters. The number of rotatable bonds is 5. The lowest BCUT2D eigenvalue weighted by molar-refractivity contribution is 0.0995. The van der Waals surface area contributed by atoms with E-state index in [1.807, 2.05) is 24.3 Å². The highest BCUT2D eigenvalue weighted by Crippen LogP contribution is 2.30. The third-order valence-corrected chi connectivity index (χ3v) is 4.23. The van der Waals surface area contributed by atoms with Crippen molar-refractivity contribution in [3.8, 4) is 5.75 Å². The summed E-state index contributed by atoms with van der Waals surface area (Å²) in [5.74, 6) is 0.371. The minimum absolute atomic E-state index is 0.275. The molecule has 1 atom stereocenters. The largest absolute Gasteiger partial charge is 0.495 e. The van der Waals surface area contributed by atoms with Gasteiger partial charge in [0.05, 0.1) is 12.8 Å². The number of amides is 1. The first-order valence-corrected chi connectivity index (χ1v) is 8.07. The molecule has 0 saturated carbocycles. The number of hydrogen-bond acceptors (Lipinski definition) is 5. The topological polar surface area (TPSA) is 80.5 Å². The molecule has 0 aliphatic carbocycles. The predicted molar refractivity (Wildman–Crippen MR) is 94.6 cm³/mol. The Morgan fingerprint density at radius 3 is 3.00 bits per heavy atom. The highest BCUT2D eigenvalue weighted by Gasteiger charge is 2.22. The molecule has 0 bridgehead atoms. The van der Waals surface area contributed by atoms with Crippen LogP contribution >= 0.6 is 0 Å². The number of carbonyl (C=O) groups excluding carboxylic acids is 1. The van der Waals surface area contributed by atoms with Crippen molar-refractivity contribution in [3.05, 3.63) is 48.3 Å². The third kappa shape index (κ3) is 3.59. The second kappa shape index (κ2) is 7.21. The molecular formula is C18H22N4O2.